The smallest absolute Gasteiger partial charge is 0.166 e. The predicted octanol–water partition coefficient (Wildman–Crippen LogP) is 7.27. The largest absolute Gasteiger partial charge is 0.375 e. The van der Waals surface area contributed by atoms with Crippen LogP contribution in [-0.4, -0.2) is 18.4 Å². The molecule has 0 radical (unpaired) electrons. The summed E-state index contributed by atoms with van der Waals surface area (Å²) in [6, 6.07) is 10.4. The van der Waals surface area contributed by atoms with E-state index < -0.39 is 0 Å². The van der Waals surface area contributed by atoms with E-state index in [2.05, 4.69) is 43.1 Å². The molecule has 0 saturated carbocycles. The Balaban J connectivity index is 2.27. The van der Waals surface area contributed by atoms with Gasteiger partial charge in [0, 0.05) is 12.7 Å². The van der Waals surface area contributed by atoms with Crippen molar-refractivity contribution in [2.24, 2.45) is 0 Å². The second-order valence-electron chi connectivity index (χ2n) is 7.67. The number of benzene rings is 1. The monoisotopic (exact) mass is 383 g/mol. The van der Waals surface area contributed by atoms with E-state index in [1.54, 1.807) is 7.11 Å². The highest BCUT2D eigenvalue weighted by Gasteiger charge is 2.24. The molecular formula is C25H37NO2. The van der Waals surface area contributed by atoms with Crippen LogP contribution < -0.4 is 0 Å². The zero-order valence-corrected chi connectivity index (χ0v) is 17.9. The van der Waals surface area contributed by atoms with Crippen molar-refractivity contribution in [3.63, 3.8) is 0 Å². The highest BCUT2D eigenvalue weighted by Crippen LogP contribution is 2.37. The lowest BCUT2D eigenvalue weighted by Gasteiger charge is -2.17. The molecule has 28 heavy (non-hydrogen) atoms. The predicted molar refractivity (Wildman–Crippen MR) is 118 cm³/mol. The van der Waals surface area contributed by atoms with Crippen LogP contribution in [0, 0.1) is 0 Å². The molecule has 2 rings (SSSR count). The number of carbonyl (C=O) groups is 1. The summed E-state index contributed by atoms with van der Waals surface area (Å²) in [4.78, 5) is 15.2. The van der Waals surface area contributed by atoms with Crippen LogP contribution in [0.2, 0.25) is 0 Å². The summed E-state index contributed by atoms with van der Waals surface area (Å²) in [7, 11) is 1.78. The van der Waals surface area contributed by atoms with Gasteiger partial charge >= 0.3 is 0 Å². The number of aromatic nitrogens is 1. The van der Waals surface area contributed by atoms with Crippen LogP contribution in [0.4, 0.5) is 0 Å². The fourth-order valence-electron chi connectivity index (χ4n) is 3.96. The summed E-state index contributed by atoms with van der Waals surface area (Å²) in [5.74, 6) is 0. The van der Waals surface area contributed by atoms with E-state index in [0.29, 0.717) is 5.69 Å². The molecule has 0 fully saturated rings. The van der Waals surface area contributed by atoms with Crippen LogP contribution in [0.25, 0.3) is 11.1 Å². The number of hydrogen-bond donors (Lipinski definition) is 1. The van der Waals surface area contributed by atoms with Crippen LogP contribution in [0.1, 0.15) is 99.5 Å². The van der Waals surface area contributed by atoms with Gasteiger partial charge in [0.05, 0.1) is 17.5 Å². The van der Waals surface area contributed by atoms with Crippen molar-refractivity contribution in [1.29, 1.82) is 0 Å². The number of ether oxygens (including phenoxy) is 1. The molecule has 1 aromatic carbocycles. The molecule has 1 atom stereocenters. The van der Waals surface area contributed by atoms with Crippen molar-refractivity contribution in [3.05, 3.63) is 47.3 Å². The summed E-state index contributed by atoms with van der Waals surface area (Å²) in [6.45, 7) is 4.44. The van der Waals surface area contributed by atoms with Gasteiger partial charge in [-0.15, -0.1) is 0 Å². The first-order valence-corrected chi connectivity index (χ1v) is 11.0. The summed E-state index contributed by atoms with van der Waals surface area (Å²) >= 11 is 0. The Kier molecular flexibility index (Phi) is 10.1. The third kappa shape index (κ3) is 6.07. The van der Waals surface area contributed by atoms with Gasteiger partial charge in [0.2, 0.25) is 0 Å². The lowest BCUT2D eigenvalue weighted by atomic mass is 9.93. The van der Waals surface area contributed by atoms with E-state index in [9.17, 15) is 4.79 Å². The topological polar surface area (TPSA) is 42.1 Å². The number of carbonyl (C=O) groups excluding carboxylic acids is 1. The Morgan fingerprint density at radius 2 is 1.64 bits per heavy atom. The van der Waals surface area contributed by atoms with Gasteiger partial charge in [-0.25, -0.2) is 0 Å². The van der Waals surface area contributed by atoms with Gasteiger partial charge in [-0.2, -0.15) is 0 Å². The molecule has 154 valence electrons. The first-order valence-electron chi connectivity index (χ1n) is 11.0. The molecule has 2 aromatic rings. The zero-order valence-electron chi connectivity index (χ0n) is 17.9. The van der Waals surface area contributed by atoms with E-state index in [1.807, 2.05) is 6.07 Å². The Labute approximate surface area is 170 Å². The fourth-order valence-corrected chi connectivity index (χ4v) is 3.96. The number of methoxy groups -OCH3 is 1. The van der Waals surface area contributed by atoms with Crippen molar-refractivity contribution in [2.45, 2.75) is 84.2 Å². The lowest BCUT2D eigenvalue weighted by molar-refractivity contribution is 0.0902. The van der Waals surface area contributed by atoms with Gasteiger partial charge in [-0.1, -0.05) is 89.1 Å². The van der Waals surface area contributed by atoms with Gasteiger partial charge in [0.1, 0.15) is 0 Å². The van der Waals surface area contributed by atoms with E-state index in [0.717, 1.165) is 55.2 Å². The molecule has 0 amide bonds. The van der Waals surface area contributed by atoms with E-state index in [1.165, 1.54) is 37.7 Å². The number of aldehydes is 1. The van der Waals surface area contributed by atoms with Crippen LogP contribution >= 0.6 is 0 Å². The first kappa shape index (κ1) is 22.4. The third-order valence-electron chi connectivity index (χ3n) is 5.55. The number of hydrogen-bond acceptors (Lipinski definition) is 2. The molecule has 0 spiro atoms. The van der Waals surface area contributed by atoms with Crippen molar-refractivity contribution in [1.82, 2.24) is 4.98 Å². The van der Waals surface area contributed by atoms with Gasteiger partial charge in [0.15, 0.2) is 6.29 Å². The Morgan fingerprint density at radius 1 is 0.964 bits per heavy atom. The molecule has 0 aliphatic rings. The summed E-state index contributed by atoms with van der Waals surface area (Å²) in [5, 5.41) is 0. The number of unbranched alkanes of at least 4 members (excludes halogenated alkanes) is 6. The first-order chi connectivity index (χ1) is 13.8. The van der Waals surface area contributed by atoms with Crippen LogP contribution in [0.3, 0.4) is 0 Å². The summed E-state index contributed by atoms with van der Waals surface area (Å²) in [6.07, 6.45) is 12.7. The fraction of sp³-hybridized carbons (Fsp3) is 0.560. The Hall–Kier alpha value is -1.87. The molecule has 3 nitrogen and oxygen atoms in total. The average molecular weight is 384 g/mol. The minimum absolute atomic E-state index is 0.00421. The molecule has 1 unspecified atom stereocenters. The van der Waals surface area contributed by atoms with Crippen molar-refractivity contribution >= 4 is 6.29 Å². The minimum atomic E-state index is -0.00421. The van der Waals surface area contributed by atoms with Gasteiger partial charge in [-0.3, -0.25) is 4.79 Å². The normalized spacial score (nSPS) is 12.2. The van der Waals surface area contributed by atoms with Gasteiger partial charge < -0.3 is 9.72 Å². The highest BCUT2D eigenvalue weighted by atomic mass is 16.5. The van der Waals surface area contributed by atoms with E-state index >= 15 is 0 Å². The highest BCUT2D eigenvalue weighted by molar-refractivity contribution is 5.83. The quantitative estimate of drug-likeness (QED) is 0.275. The molecule has 1 aromatic heterocycles. The second-order valence-corrected chi connectivity index (χ2v) is 7.67. The molecule has 0 aliphatic carbocycles. The maximum atomic E-state index is 11.8. The molecule has 1 N–H and O–H groups in total. The maximum absolute atomic E-state index is 11.8. The summed E-state index contributed by atoms with van der Waals surface area (Å²) < 4.78 is 5.90. The van der Waals surface area contributed by atoms with Crippen LogP contribution in [0.15, 0.2) is 30.3 Å². The standard InChI is InChI=1S/C25H37NO2/c1-4-6-8-9-10-14-18-23(28-3)25-24(20-15-12-11-13-16-20)21(17-7-5-2)22(19-27)26-25/h11-13,15-16,19,23,26H,4-10,14,17-18H2,1-3H3. The van der Waals surface area contributed by atoms with Gasteiger partial charge in [-0.05, 0) is 30.4 Å². The van der Waals surface area contributed by atoms with Crippen molar-refractivity contribution < 1.29 is 9.53 Å². The average Bonchev–Trinajstić information content (AvgIpc) is 3.10. The SMILES string of the molecule is CCCCCCCCC(OC)c1[nH]c(C=O)c(CCCC)c1-c1ccccc1. The number of aromatic amines is 1. The van der Waals surface area contributed by atoms with Crippen molar-refractivity contribution in [3.8, 4) is 11.1 Å². The minimum Gasteiger partial charge on any atom is -0.375 e. The number of nitrogens with one attached hydrogen (secondary N) is 1. The zero-order chi connectivity index (χ0) is 20.2. The molecule has 0 bridgehead atoms. The summed E-state index contributed by atoms with van der Waals surface area (Å²) in [5.41, 5.74) is 5.26. The molecule has 3 heteroatoms. The van der Waals surface area contributed by atoms with E-state index in [4.69, 9.17) is 4.74 Å². The molecular weight excluding hydrogens is 346 g/mol. The van der Waals surface area contributed by atoms with Crippen LogP contribution in [0.5, 0.6) is 0 Å². The Bertz CT molecular complexity index is 690. The van der Waals surface area contributed by atoms with Gasteiger partial charge in [0.25, 0.3) is 0 Å². The lowest BCUT2D eigenvalue weighted by Crippen LogP contribution is -2.04. The van der Waals surface area contributed by atoms with Crippen LogP contribution in [-0.2, 0) is 11.2 Å². The Morgan fingerprint density at radius 3 is 2.29 bits per heavy atom. The second kappa shape index (κ2) is 12.6. The number of rotatable bonds is 14. The number of H-pyrrole nitrogens is 1. The molecule has 0 aliphatic heterocycles. The maximum Gasteiger partial charge on any atom is 0.166 e. The third-order valence-corrected chi connectivity index (χ3v) is 5.55. The molecule has 0 saturated heterocycles. The van der Waals surface area contributed by atoms with E-state index in [-0.39, 0.29) is 6.10 Å². The molecule has 1 heterocycles. The van der Waals surface area contributed by atoms with Crippen molar-refractivity contribution in [2.75, 3.05) is 7.11 Å².